The minimum absolute atomic E-state index is 0.0591. The van der Waals surface area contributed by atoms with Crippen molar-refractivity contribution in [3.05, 3.63) is 42.0 Å². The zero-order valence-corrected chi connectivity index (χ0v) is 17.4. The number of alkyl halides is 3. The summed E-state index contributed by atoms with van der Waals surface area (Å²) in [6.07, 6.45) is -4.08. The van der Waals surface area contributed by atoms with Gasteiger partial charge < -0.3 is 25.5 Å². The number of methoxy groups -OCH3 is 2. The smallest absolute Gasteiger partial charge is 0.416 e. The van der Waals surface area contributed by atoms with Crippen LogP contribution < -0.4 is 20.9 Å². The van der Waals surface area contributed by atoms with Crippen molar-refractivity contribution in [3.8, 4) is 22.9 Å². The van der Waals surface area contributed by atoms with Crippen molar-refractivity contribution in [2.45, 2.75) is 25.6 Å². The monoisotopic (exact) mass is 449 g/mol. The number of nitrogens with zero attached hydrogens (tertiary/aromatic N) is 3. The fraction of sp³-hybridized carbons (Fsp3) is 0.286. The molecule has 0 radical (unpaired) electrons. The number of aryl methyl sites for hydroxylation is 1. The van der Waals surface area contributed by atoms with Gasteiger partial charge in [-0.05, 0) is 42.8 Å². The van der Waals surface area contributed by atoms with Crippen molar-refractivity contribution in [1.82, 2.24) is 9.55 Å². The average molecular weight is 449 g/mol. The van der Waals surface area contributed by atoms with Crippen LogP contribution in [0.3, 0.4) is 0 Å². The Kier molecular flexibility index (Phi) is 6.56. The van der Waals surface area contributed by atoms with E-state index in [1.54, 1.807) is 22.8 Å². The van der Waals surface area contributed by atoms with E-state index in [1.807, 2.05) is 0 Å². The zero-order valence-electron chi connectivity index (χ0n) is 17.4. The maximum absolute atomic E-state index is 13.2. The number of hydrogen-bond donors (Lipinski definition) is 2. The first-order valence-electron chi connectivity index (χ1n) is 9.56. The quantitative estimate of drug-likeness (QED) is 0.422. The number of carbonyl (C=O) groups is 1. The van der Waals surface area contributed by atoms with Crippen molar-refractivity contribution in [3.63, 3.8) is 0 Å². The molecule has 1 heterocycles. The van der Waals surface area contributed by atoms with Gasteiger partial charge in [-0.15, -0.1) is 0 Å². The number of halogens is 3. The normalized spacial score (nSPS) is 11.4. The topological polar surface area (TPSA) is 118 Å². The third-order valence-corrected chi connectivity index (χ3v) is 4.74. The third kappa shape index (κ3) is 4.93. The minimum Gasteiger partial charge on any atom is -0.493 e. The summed E-state index contributed by atoms with van der Waals surface area (Å²) >= 11 is 0. The van der Waals surface area contributed by atoms with Crippen molar-refractivity contribution in [1.29, 1.82) is 0 Å². The van der Waals surface area contributed by atoms with Gasteiger partial charge in [0.25, 0.3) is 0 Å². The van der Waals surface area contributed by atoms with Crippen LogP contribution in [0.4, 0.5) is 13.2 Å². The molecule has 0 atom stereocenters. The lowest BCUT2D eigenvalue weighted by atomic mass is 10.1. The average Bonchev–Trinajstić information content (AvgIpc) is 3.10. The van der Waals surface area contributed by atoms with Crippen molar-refractivity contribution in [2.24, 2.45) is 16.5 Å². The Balaban J connectivity index is 2.06. The van der Waals surface area contributed by atoms with Crippen LogP contribution >= 0.6 is 0 Å². The summed E-state index contributed by atoms with van der Waals surface area (Å²) in [5.74, 6) is 0.563. The van der Waals surface area contributed by atoms with E-state index in [1.165, 1.54) is 20.3 Å². The van der Waals surface area contributed by atoms with Crippen LogP contribution in [0.2, 0.25) is 0 Å². The number of amides is 1. The molecule has 0 aliphatic heterocycles. The molecule has 3 aromatic rings. The number of benzene rings is 2. The van der Waals surface area contributed by atoms with E-state index in [4.69, 9.17) is 20.9 Å². The Morgan fingerprint density at radius 2 is 1.81 bits per heavy atom. The molecule has 2 aromatic carbocycles. The first kappa shape index (κ1) is 22.9. The van der Waals surface area contributed by atoms with Crippen LogP contribution in [-0.2, 0) is 17.5 Å². The molecule has 0 fully saturated rings. The molecule has 0 spiro atoms. The number of aromatic nitrogens is 2. The van der Waals surface area contributed by atoms with Crippen LogP contribution in [0.5, 0.6) is 11.5 Å². The Morgan fingerprint density at radius 1 is 1.09 bits per heavy atom. The fourth-order valence-corrected chi connectivity index (χ4v) is 3.32. The standard InChI is InChI=1S/C21H22F3N5O3/c1-31-16-8-5-12(10-17(16)32-2)19-27-14-11-13(21(22,23)24)6-7-15(14)29(19)9-3-4-18(30)28-20(25)26/h5-8,10-11H,3-4,9H2,1-2H3,(H4,25,26,28,30). The zero-order chi connectivity index (χ0) is 23.5. The summed E-state index contributed by atoms with van der Waals surface area (Å²) in [6, 6.07) is 8.47. The number of hydrogen-bond acceptors (Lipinski definition) is 4. The second-order valence-corrected chi connectivity index (χ2v) is 6.89. The van der Waals surface area contributed by atoms with Gasteiger partial charge in [0, 0.05) is 18.5 Å². The van der Waals surface area contributed by atoms with Gasteiger partial charge in [0.05, 0.1) is 30.8 Å². The second-order valence-electron chi connectivity index (χ2n) is 6.89. The summed E-state index contributed by atoms with van der Waals surface area (Å²) < 4.78 is 51.9. The van der Waals surface area contributed by atoms with E-state index in [-0.39, 0.29) is 17.9 Å². The number of imidazole rings is 1. The third-order valence-electron chi connectivity index (χ3n) is 4.74. The van der Waals surface area contributed by atoms with Gasteiger partial charge in [-0.1, -0.05) is 0 Å². The second kappa shape index (κ2) is 9.16. The lowest BCUT2D eigenvalue weighted by molar-refractivity contribution is -0.137. The molecule has 0 saturated carbocycles. The number of nitrogens with two attached hydrogens (primary N) is 2. The molecule has 0 saturated heterocycles. The summed E-state index contributed by atoms with van der Waals surface area (Å²) in [6.45, 7) is 0.303. The fourth-order valence-electron chi connectivity index (χ4n) is 3.32. The number of ether oxygens (including phenoxy) is 2. The summed E-state index contributed by atoms with van der Waals surface area (Å²) in [5.41, 5.74) is 10.9. The highest BCUT2D eigenvalue weighted by Crippen LogP contribution is 2.36. The van der Waals surface area contributed by atoms with Gasteiger partial charge in [0.2, 0.25) is 5.91 Å². The Bertz CT molecular complexity index is 1170. The highest BCUT2D eigenvalue weighted by atomic mass is 19.4. The van der Waals surface area contributed by atoms with Crippen LogP contribution in [-0.4, -0.2) is 35.6 Å². The van der Waals surface area contributed by atoms with Gasteiger partial charge in [-0.2, -0.15) is 18.2 Å². The summed E-state index contributed by atoms with van der Waals surface area (Å²) in [7, 11) is 2.98. The molecule has 0 aliphatic carbocycles. The van der Waals surface area contributed by atoms with Gasteiger partial charge in [0.1, 0.15) is 5.82 Å². The van der Waals surface area contributed by atoms with E-state index >= 15 is 0 Å². The molecule has 0 unspecified atom stereocenters. The molecule has 1 aromatic heterocycles. The van der Waals surface area contributed by atoms with E-state index in [0.717, 1.165) is 12.1 Å². The van der Waals surface area contributed by atoms with Crippen molar-refractivity contribution < 1.29 is 27.4 Å². The molecule has 4 N–H and O–H groups in total. The summed E-state index contributed by atoms with van der Waals surface area (Å²) in [5, 5.41) is 0. The number of fused-ring (bicyclic) bond motifs is 1. The highest BCUT2D eigenvalue weighted by molar-refractivity contribution is 5.91. The van der Waals surface area contributed by atoms with Crippen LogP contribution in [0, 0.1) is 0 Å². The first-order chi connectivity index (χ1) is 15.1. The molecule has 0 bridgehead atoms. The van der Waals surface area contributed by atoms with Gasteiger partial charge >= 0.3 is 6.18 Å². The predicted molar refractivity (Wildman–Crippen MR) is 113 cm³/mol. The molecule has 0 aliphatic rings. The molecule has 11 heteroatoms. The maximum atomic E-state index is 13.2. The highest BCUT2D eigenvalue weighted by Gasteiger charge is 2.31. The Morgan fingerprint density at radius 3 is 2.44 bits per heavy atom. The number of aliphatic imine (C=N–C) groups is 1. The maximum Gasteiger partial charge on any atom is 0.416 e. The van der Waals surface area contributed by atoms with E-state index in [9.17, 15) is 18.0 Å². The first-order valence-corrected chi connectivity index (χ1v) is 9.56. The molecule has 1 amide bonds. The lowest BCUT2D eigenvalue weighted by Gasteiger charge is -2.12. The SMILES string of the molecule is COc1ccc(-c2nc3cc(C(F)(F)F)ccc3n2CCCC(=O)N=C(N)N)cc1OC. The van der Waals surface area contributed by atoms with Gasteiger partial charge in [0.15, 0.2) is 17.5 Å². The molecular weight excluding hydrogens is 427 g/mol. The minimum atomic E-state index is -4.49. The molecule has 170 valence electrons. The van der Waals surface area contributed by atoms with E-state index in [2.05, 4.69) is 9.98 Å². The molecule has 8 nitrogen and oxygen atoms in total. The van der Waals surface area contributed by atoms with Crippen LogP contribution in [0.25, 0.3) is 22.4 Å². The van der Waals surface area contributed by atoms with Crippen LogP contribution in [0.1, 0.15) is 18.4 Å². The Labute approximate surface area is 181 Å². The molecular formula is C21H22F3N5O3. The largest absolute Gasteiger partial charge is 0.493 e. The Hall–Kier alpha value is -3.76. The van der Waals surface area contributed by atoms with E-state index in [0.29, 0.717) is 41.4 Å². The molecule has 3 rings (SSSR count). The predicted octanol–water partition coefficient (Wildman–Crippen LogP) is 3.32. The van der Waals surface area contributed by atoms with E-state index < -0.39 is 17.6 Å². The number of guanidine groups is 1. The lowest BCUT2D eigenvalue weighted by Crippen LogP contribution is -2.24. The van der Waals surface area contributed by atoms with Crippen molar-refractivity contribution >= 4 is 22.9 Å². The number of rotatable bonds is 7. The van der Waals surface area contributed by atoms with Crippen LogP contribution in [0.15, 0.2) is 41.4 Å². The van der Waals surface area contributed by atoms with Gasteiger partial charge in [-0.3, -0.25) is 4.79 Å². The number of carbonyl (C=O) groups excluding carboxylic acids is 1. The van der Waals surface area contributed by atoms with Crippen molar-refractivity contribution in [2.75, 3.05) is 14.2 Å². The molecule has 32 heavy (non-hydrogen) atoms. The van der Waals surface area contributed by atoms with Gasteiger partial charge in [-0.25, -0.2) is 4.98 Å². The summed E-state index contributed by atoms with van der Waals surface area (Å²) in [4.78, 5) is 19.7.